The number of nitrogens with one attached hydrogen (secondary N) is 2. The van der Waals surface area contributed by atoms with Crippen molar-refractivity contribution in [3.05, 3.63) is 65.9 Å². The van der Waals surface area contributed by atoms with Crippen molar-refractivity contribution in [1.29, 1.82) is 0 Å². The lowest BCUT2D eigenvalue weighted by Gasteiger charge is -2.44. The zero-order valence-electron chi connectivity index (χ0n) is 16.0. The highest BCUT2D eigenvalue weighted by molar-refractivity contribution is 6.06. The van der Waals surface area contributed by atoms with Crippen LogP contribution in [0.4, 0.5) is 11.4 Å². The molecule has 5 rings (SSSR count). The number of amides is 1. The van der Waals surface area contributed by atoms with Gasteiger partial charge in [-0.3, -0.25) is 14.7 Å². The van der Waals surface area contributed by atoms with Gasteiger partial charge in [-0.05, 0) is 55.2 Å². The number of aryl methyl sites for hydroxylation is 1. The quantitative estimate of drug-likeness (QED) is 0.715. The van der Waals surface area contributed by atoms with E-state index in [9.17, 15) is 4.79 Å². The van der Waals surface area contributed by atoms with E-state index in [4.69, 9.17) is 0 Å². The predicted octanol–water partition coefficient (Wildman–Crippen LogP) is 3.94. The van der Waals surface area contributed by atoms with Crippen LogP contribution < -0.4 is 10.6 Å². The van der Waals surface area contributed by atoms with Crippen molar-refractivity contribution in [1.82, 2.24) is 9.88 Å². The molecular formula is C23H24N4O. The largest absolute Gasteiger partial charge is 0.369 e. The molecule has 142 valence electrons. The van der Waals surface area contributed by atoms with Gasteiger partial charge in [-0.25, -0.2) is 0 Å². The maximum Gasteiger partial charge on any atom is 0.250 e. The van der Waals surface area contributed by atoms with Gasteiger partial charge in [-0.15, -0.1) is 0 Å². The summed E-state index contributed by atoms with van der Waals surface area (Å²) in [5.41, 5.74) is 5.07. The standard InChI is InChI=1S/C23H24N4O/c1-16-8-9-19-17(5-4-12-24-19)18(16)15-27-13-10-23(11-14-27)22(28)25-20-6-2-3-7-21(20)26-23/h2-9,12,26H,10-11,13-15H2,1H3,(H,25,28). The van der Waals surface area contributed by atoms with Crippen LogP contribution in [-0.2, 0) is 11.3 Å². The first kappa shape index (κ1) is 17.2. The first-order valence-electron chi connectivity index (χ1n) is 9.89. The fourth-order valence-corrected chi connectivity index (χ4v) is 4.46. The first-order valence-corrected chi connectivity index (χ1v) is 9.89. The Morgan fingerprint density at radius 1 is 1.04 bits per heavy atom. The van der Waals surface area contributed by atoms with E-state index in [1.165, 1.54) is 16.5 Å². The molecule has 0 saturated carbocycles. The third-order valence-electron chi connectivity index (χ3n) is 6.21. The third-order valence-corrected chi connectivity index (χ3v) is 6.21. The van der Waals surface area contributed by atoms with Crippen molar-refractivity contribution in [2.24, 2.45) is 0 Å². The fraction of sp³-hybridized carbons (Fsp3) is 0.304. The third kappa shape index (κ3) is 2.83. The van der Waals surface area contributed by atoms with Crippen LogP contribution in [-0.4, -0.2) is 34.4 Å². The Labute approximate surface area is 164 Å². The first-order chi connectivity index (χ1) is 13.6. The molecule has 2 aliphatic rings. The second kappa shape index (κ2) is 6.60. The topological polar surface area (TPSA) is 57.3 Å². The molecule has 1 aromatic heterocycles. The van der Waals surface area contributed by atoms with E-state index >= 15 is 0 Å². The number of likely N-dealkylation sites (tertiary alicyclic amines) is 1. The molecule has 28 heavy (non-hydrogen) atoms. The van der Waals surface area contributed by atoms with Gasteiger partial charge in [0.2, 0.25) is 5.91 Å². The van der Waals surface area contributed by atoms with Gasteiger partial charge in [0, 0.05) is 31.2 Å². The fourth-order valence-electron chi connectivity index (χ4n) is 4.46. The van der Waals surface area contributed by atoms with Gasteiger partial charge < -0.3 is 10.6 Å². The van der Waals surface area contributed by atoms with Gasteiger partial charge >= 0.3 is 0 Å². The number of hydrogen-bond acceptors (Lipinski definition) is 4. The number of anilines is 2. The minimum Gasteiger partial charge on any atom is -0.369 e. The minimum absolute atomic E-state index is 0.0939. The normalized spacial score (nSPS) is 18.5. The lowest BCUT2D eigenvalue weighted by atomic mass is 9.84. The van der Waals surface area contributed by atoms with E-state index in [2.05, 4.69) is 45.6 Å². The van der Waals surface area contributed by atoms with Gasteiger partial charge in [0.15, 0.2) is 0 Å². The zero-order chi connectivity index (χ0) is 19.1. The number of nitrogens with zero attached hydrogens (tertiary/aromatic N) is 2. The number of hydrogen-bond donors (Lipinski definition) is 2. The van der Waals surface area contributed by atoms with E-state index in [0.29, 0.717) is 0 Å². The summed E-state index contributed by atoms with van der Waals surface area (Å²) in [6.07, 6.45) is 3.45. The predicted molar refractivity (Wildman–Crippen MR) is 112 cm³/mol. The highest BCUT2D eigenvalue weighted by Gasteiger charge is 2.44. The van der Waals surface area contributed by atoms with E-state index < -0.39 is 5.54 Å². The van der Waals surface area contributed by atoms with Crippen molar-refractivity contribution in [2.75, 3.05) is 23.7 Å². The van der Waals surface area contributed by atoms with E-state index in [1.54, 1.807) is 0 Å². The molecule has 3 aromatic rings. The van der Waals surface area contributed by atoms with Crippen LogP contribution in [0.1, 0.15) is 24.0 Å². The lowest BCUT2D eigenvalue weighted by molar-refractivity contribution is -0.122. The zero-order valence-corrected chi connectivity index (χ0v) is 16.0. The van der Waals surface area contributed by atoms with Gasteiger partial charge in [0.05, 0.1) is 16.9 Å². The van der Waals surface area contributed by atoms with Gasteiger partial charge in [0.25, 0.3) is 0 Å². The summed E-state index contributed by atoms with van der Waals surface area (Å²) in [6.45, 7) is 4.83. The maximum absolute atomic E-state index is 12.8. The number of carbonyl (C=O) groups excluding carboxylic acids is 1. The Bertz CT molecular complexity index is 1050. The molecule has 2 N–H and O–H groups in total. The molecule has 0 atom stereocenters. The Morgan fingerprint density at radius 3 is 2.64 bits per heavy atom. The smallest absolute Gasteiger partial charge is 0.250 e. The molecule has 1 fully saturated rings. The average Bonchev–Trinajstić information content (AvgIpc) is 2.72. The van der Waals surface area contributed by atoms with Crippen LogP contribution in [0, 0.1) is 6.92 Å². The highest BCUT2D eigenvalue weighted by Crippen LogP contribution is 2.36. The number of benzene rings is 2. The van der Waals surface area contributed by atoms with Crippen molar-refractivity contribution in [3.63, 3.8) is 0 Å². The van der Waals surface area contributed by atoms with Crippen molar-refractivity contribution >= 4 is 28.2 Å². The summed E-state index contributed by atoms with van der Waals surface area (Å²) in [5, 5.41) is 7.86. The number of carbonyl (C=O) groups is 1. The molecule has 3 heterocycles. The summed E-state index contributed by atoms with van der Waals surface area (Å²) in [5.74, 6) is 0.0939. The molecule has 1 amide bonds. The highest BCUT2D eigenvalue weighted by atomic mass is 16.2. The van der Waals surface area contributed by atoms with Crippen LogP contribution in [0.25, 0.3) is 10.9 Å². The molecule has 5 nitrogen and oxygen atoms in total. The van der Waals surface area contributed by atoms with Gasteiger partial charge in [-0.2, -0.15) is 0 Å². The van der Waals surface area contributed by atoms with Crippen LogP contribution in [0.2, 0.25) is 0 Å². The molecular weight excluding hydrogens is 348 g/mol. The maximum atomic E-state index is 12.8. The Morgan fingerprint density at radius 2 is 1.82 bits per heavy atom. The lowest BCUT2D eigenvalue weighted by Crippen LogP contribution is -2.58. The van der Waals surface area contributed by atoms with E-state index in [1.807, 2.05) is 36.5 Å². The van der Waals surface area contributed by atoms with Crippen LogP contribution in [0.15, 0.2) is 54.7 Å². The number of fused-ring (bicyclic) bond motifs is 2. The summed E-state index contributed by atoms with van der Waals surface area (Å²) < 4.78 is 0. The molecule has 0 aliphatic carbocycles. The Hall–Kier alpha value is -2.92. The van der Waals surface area contributed by atoms with E-state index in [-0.39, 0.29) is 5.91 Å². The molecule has 2 aliphatic heterocycles. The van der Waals surface area contributed by atoms with Crippen molar-refractivity contribution in [2.45, 2.75) is 31.8 Å². The summed E-state index contributed by atoms with van der Waals surface area (Å²) in [6, 6.07) is 16.3. The van der Waals surface area contributed by atoms with Crippen molar-refractivity contribution < 1.29 is 4.79 Å². The molecule has 0 bridgehead atoms. The molecule has 2 aromatic carbocycles. The average molecular weight is 372 g/mol. The van der Waals surface area contributed by atoms with Crippen molar-refractivity contribution in [3.8, 4) is 0 Å². The summed E-state index contributed by atoms with van der Waals surface area (Å²) >= 11 is 0. The number of pyridine rings is 1. The number of aromatic nitrogens is 1. The molecule has 1 spiro atoms. The second-order valence-electron chi connectivity index (χ2n) is 7.91. The molecule has 0 unspecified atom stereocenters. The van der Waals surface area contributed by atoms with Gasteiger partial charge in [0.1, 0.15) is 5.54 Å². The second-order valence-corrected chi connectivity index (χ2v) is 7.91. The Kier molecular flexibility index (Phi) is 4.05. The number of rotatable bonds is 2. The van der Waals surface area contributed by atoms with Crippen LogP contribution in [0.3, 0.4) is 0 Å². The monoisotopic (exact) mass is 372 g/mol. The number of para-hydroxylation sites is 2. The summed E-state index contributed by atoms with van der Waals surface area (Å²) in [7, 11) is 0. The summed E-state index contributed by atoms with van der Waals surface area (Å²) in [4.78, 5) is 19.8. The van der Waals surface area contributed by atoms with Gasteiger partial charge in [-0.1, -0.05) is 24.3 Å². The number of piperidine rings is 1. The molecule has 1 saturated heterocycles. The molecule has 0 radical (unpaired) electrons. The SMILES string of the molecule is Cc1ccc2ncccc2c1CN1CCC2(CC1)Nc1ccccc1NC2=O. The molecule has 5 heteroatoms. The van der Waals surface area contributed by atoms with Crippen LogP contribution >= 0.6 is 0 Å². The van der Waals surface area contributed by atoms with E-state index in [0.717, 1.165) is 49.4 Å². The minimum atomic E-state index is -0.500. The Balaban J connectivity index is 1.35. The van der Waals surface area contributed by atoms with Crippen LogP contribution in [0.5, 0.6) is 0 Å².